The number of nitrogens with zero attached hydrogens (tertiary/aromatic N) is 1. The number of aliphatic hydroxyl groups excluding tert-OH is 1. The number of benzene rings is 1. The minimum Gasteiger partial charge on any atom is -0.392 e. The Morgan fingerprint density at radius 2 is 1.76 bits per heavy atom. The third-order valence-corrected chi connectivity index (χ3v) is 3.36. The van der Waals surface area contributed by atoms with E-state index in [9.17, 15) is 8.78 Å². The summed E-state index contributed by atoms with van der Waals surface area (Å²) in [7, 11) is 0. The van der Waals surface area contributed by atoms with Crippen molar-refractivity contribution in [3.05, 3.63) is 29.3 Å². The van der Waals surface area contributed by atoms with Crippen LogP contribution in [0.2, 0.25) is 0 Å². The van der Waals surface area contributed by atoms with Crippen LogP contribution >= 0.6 is 0 Å². The number of hydrogen-bond acceptors (Lipinski definition) is 2. The monoisotopic (exact) mass is 241 g/mol. The van der Waals surface area contributed by atoms with Crippen LogP contribution in [0.3, 0.4) is 0 Å². The number of hydrogen-bond donors (Lipinski definition) is 1. The first-order valence-electron chi connectivity index (χ1n) is 5.95. The lowest BCUT2D eigenvalue weighted by Crippen LogP contribution is -2.34. The van der Waals surface area contributed by atoms with Gasteiger partial charge in [0, 0.05) is 13.1 Å². The fraction of sp³-hybridized carbons (Fsp3) is 0.538. The zero-order valence-electron chi connectivity index (χ0n) is 9.92. The fourth-order valence-corrected chi connectivity index (χ4v) is 2.24. The minimum absolute atomic E-state index is 0.0501. The Balaban J connectivity index is 2.26. The molecule has 0 spiro atoms. The van der Waals surface area contributed by atoms with Crippen molar-refractivity contribution in [1.82, 2.24) is 0 Å². The van der Waals surface area contributed by atoms with Crippen LogP contribution in [0.5, 0.6) is 0 Å². The van der Waals surface area contributed by atoms with Gasteiger partial charge in [-0.1, -0.05) is 6.92 Å². The van der Waals surface area contributed by atoms with E-state index >= 15 is 0 Å². The lowest BCUT2D eigenvalue weighted by Gasteiger charge is -2.32. The van der Waals surface area contributed by atoms with E-state index in [2.05, 4.69) is 6.92 Å². The summed E-state index contributed by atoms with van der Waals surface area (Å²) >= 11 is 0. The molecule has 0 bridgehead atoms. The van der Waals surface area contributed by atoms with Crippen molar-refractivity contribution < 1.29 is 13.9 Å². The van der Waals surface area contributed by atoms with Crippen LogP contribution in [-0.2, 0) is 6.61 Å². The highest BCUT2D eigenvalue weighted by molar-refractivity contribution is 5.51. The summed E-state index contributed by atoms with van der Waals surface area (Å²) < 4.78 is 27.6. The topological polar surface area (TPSA) is 23.5 Å². The SMILES string of the molecule is CC1CCN(c2c(F)cc(CO)cc2F)CC1. The van der Waals surface area contributed by atoms with Gasteiger partial charge in [-0.15, -0.1) is 0 Å². The zero-order valence-corrected chi connectivity index (χ0v) is 9.92. The van der Waals surface area contributed by atoms with Crippen LogP contribution in [0.1, 0.15) is 25.3 Å². The molecule has 94 valence electrons. The fourth-order valence-electron chi connectivity index (χ4n) is 2.24. The third kappa shape index (κ3) is 2.57. The Bertz CT molecular complexity index is 377. The van der Waals surface area contributed by atoms with Crippen molar-refractivity contribution >= 4 is 5.69 Å². The summed E-state index contributed by atoms with van der Waals surface area (Å²) in [6.07, 6.45) is 1.92. The molecule has 1 saturated heterocycles. The molecule has 1 heterocycles. The molecule has 0 aliphatic carbocycles. The standard InChI is InChI=1S/C13H17F2NO/c1-9-2-4-16(5-3-9)13-11(14)6-10(8-17)7-12(13)15/h6-7,9,17H,2-5,8H2,1H3. The number of aliphatic hydroxyl groups is 1. The van der Waals surface area contributed by atoms with Crippen molar-refractivity contribution in [3.8, 4) is 0 Å². The molecule has 0 unspecified atom stereocenters. The van der Waals surface area contributed by atoms with Crippen LogP contribution in [-0.4, -0.2) is 18.2 Å². The molecule has 1 aromatic rings. The Labute approximate surface area is 99.9 Å². The summed E-state index contributed by atoms with van der Waals surface area (Å²) in [4.78, 5) is 1.76. The maximum absolute atomic E-state index is 13.8. The molecular weight excluding hydrogens is 224 g/mol. The maximum atomic E-state index is 13.8. The first-order chi connectivity index (χ1) is 8.11. The number of halogens is 2. The first-order valence-corrected chi connectivity index (χ1v) is 5.95. The Kier molecular flexibility index (Phi) is 3.62. The highest BCUT2D eigenvalue weighted by Gasteiger charge is 2.22. The Morgan fingerprint density at radius 1 is 1.24 bits per heavy atom. The molecule has 4 heteroatoms. The van der Waals surface area contributed by atoms with Gasteiger partial charge >= 0.3 is 0 Å². The van der Waals surface area contributed by atoms with E-state index in [0.717, 1.165) is 12.8 Å². The van der Waals surface area contributed by atoms with Gasteiger partial charge in [0.25, 0.3) is 0 Å². The second kappa shape index (κ2) is 5.00. The smallest absolute Gasteiger partial charge is 0.149 e. The second-order valence-corrected chi connectivity index (χ2v) is 4.74. The van der Waals surface area contributed by atoms with Gasteiger partial charge in [-0.2, -0.15) is 0 Å². The van der Waals surface area contributed by atoms with Crippen LogP contribution in [0, 0.1) is 17.6 Å². The molecule has 1 aromatic carbocycles. The van der Waals surface area contributed by atoms with E-state index in [1.165, 1.54) is 12.1 Å². The highest BCUT2D eigenvalue weighted by Crippen LogP contribution is 2.29. The van der Waals surface area contributed by atoms with Crippen molar-refractivity contribution in [1.29, 1.82) is 0 Å². The zero-order chi connectivity index (χ0) is 12.4. The minimum atomic E-state index is -0.580. The van der Waals surface area contributed by atoms with E-state index in [0.29, 0.717) is 19.0 Å². The summed E-state index contributed by atoms with van der Waals surface area (Å²) in [5, 5.41) is 8.88. The Hall–Kier alpha value is -1.16. The Morgan fingerprint density at radius 3 is 2.24 bits per heavy atom. The van der Waals surface area contributed by atoms with E-state index in [1.807, 2.05) is 0 Å². The van der Waals surface area contributed by atoms with Crippen molar-refractivity contribution in [2.24, 2.45) is 5.92 Å². The molecule has 1 N–H and O–H groups in total. The largest absolute Gasteiger partial charge is 0.392 e. The van der Waals surface area contributed by atoms with E-state index in [4.69, 9.17) is 5.11 Å². The van der Waals surface area contributed by atoms with Crippen LogP contribution in [0.15, 0.2) is 12.1 Å². The summed E-state index contributed by atoms with van der Waals surface area (Å²) in [5.41, 5.74) is 0.322. The van der Waals surface area contributed by atoms with E-state index in [1.54, 1.807) is 4.90 Å². The van der Waals surface area contributed by atoms with Gasteiger partial charge in [-0.05, 0) is 36.5 Å². The quantitative estimate of drug-likeness (QED) is 0.860. The molecule has 1 aliphatic heterocycles. The lowest BCUT2D eigenvalue weighted by molar-refractivity contribution is 0.280. The number of rotatable bonds is 2. The summed E-state index contributed by atoms with van der Waals surface area (Å²) in [6, 6.07) is 2.41. The predicted octanol–water partition coefficient (Wildman–Crippen LogP) is 2.69. The maximum Gasteiger partial charge on any atom is 0.149 e. The van der Waals surface area contributed by atoms with Gasteiger partial charge in [0.05, 0.1) is 6.61 Å². The van der Waals surface area contributed by atoms with E-state index in [-0.39, 0.29) is 17.9 Å². The molecule has 1 aliphatic rings. The third-order valence-electron chi connectivity index (χ3n) is 3.36. The molecule has 0 saturated carbocycles. The average Bonchev–Trinajstić information content (AvgIpc) is 2.30. The van der Waals surface area contributed by atoms with Crippen LogP contribution in [0.4, 0.5) is 14.5 Å². The summed E-state index contributed by atoms with van der Waals surface area (Å²) in [6.45, 7) is 3.19. The molecule has 0 radical (unpaired) electrons. The normalized spacial score (nSPS) is 17.5. The average molecular weight is 241 g/mol. The molecular formula is C13H17F2NO. The molecule has 0 atom stereocenters. The molecule has 0 amide bonds. The van der Waals surface area contributed by atoms with Crippen LogP contribution in [0.25, 0.3) is 0 Å². The lowest BCUT2D eigenvalue weighted by atomic mass is 9.98. The molecule has 17 heavy (non-hydrogen) atoms. The van der Waals surface area contributed by atoms with Gasteiger partial charge in [0.1, 0.15) is 17.3 Å². The first kappa shape index (κ1) is 12.3. The second-order valence-electron chi connectivity index (χ2n) is 4.74. The van der Waals surface area contributed by atoms with Crippen molar-refractivity contribution in [3.63, 3.8) is 0 Å². The van der Waals surface area contributed by atoms with Gasteiger partial charge in [0.2, 0.25) is 0 Å². The number of anilines is 1. The summed E-state index contributed by atoms with van der Waals surface area (Å²) in [5.74, 6) is -0.540. The molecule has 2 rings (SSSR count). The van der Waals surface area contributed by atoms with Gasteiger partial charge in [-0.25, -0.2) is 8.78 Å². The van der Waals surface area contributed by atoms with Gasteiger partial charge < -0.3 is 10.0 Å². The van der Waals surface area contributed by atoms with Gasteiger partial charge in [-0.3, -0.25) is 0 Å². The predicted molar refractivity (Wildman–Crippen MR) is 62.9 cm³/mol. The highest BCUT2D eigenvalue weighted by atomic mass is 19.1. The van der Waals surface area contributed by atoms with Crippen molar-refractivity contribution in [2.75, 3.05) is 18.0 Å². The van der Waals surface area contributed by atoms with Crippen molar-refractivity contribution in [2.45, 2.75) is 26.4 Å². The van der Waals surface area contributed by atoms with E-state index < -0.39 is 11.6 Å². The molecule has 1 fully saturated rings. The molecule has 2 nitrogen and oxygen atoms in total. The molecule has 0 aromatic heterocycles. The van der Waals surface area contributed by atoms with Gasteiger partial charge in [0.15, 0.2) is 0 Å². The number of piperidine rings is 1. The van der Waals surface area contributed by atoms with Crippen LogP contribution < -0.4 is 4.90 Å².